The van der Waals surface area contributed by atoms with Crippen molar-refractivity contribution < 1.29 is 4.79 Å². The third kappa shape index (κ3) is 2.72. The molecular formula is C18H27N3O. The van der Waals surface area contributed by atoms with E-state index in [4.69, 9.17) is 5.73 Å². The first-order valence-electron chi connectivity index (χ1n) is 8.49. The fourth-order valence-electron chi connectivity index (χ4n) is 3.73. The summed E-state index contributed by atoms with van der Waals surface area (Å²) in [5.74, 6) is 0. The molecule has 2 N–H and O–H groups in total. The summed E-state index contributed by atoms with van der Waals surface area (Å²) in [5.41, 5.74) is 8.60. The third-order valence-electron chi connectivity index (χ3n) is 5.14. The van der Waals surface area contributed by atoms with E-state index in [1.165, 1.54) is 24.8 Å². The first kappa shape index (κ1) is 15.3. The topological polar surface area (TPSA) is 49.6 Å². The predicted molar refractivity (Wildman–Crippen MR) is 90.0 cm³/mol. The van der Waals surface area contributed by atoms with E-state index in [1.54, 1.807) is 0 Å². The Kier molecular flexibility index (Phi) is 4.13. The Labute approximate surface area is 133 Å². The molecule has 120 valence electrons. The van der Waals surface area contributed by atoms with E-state index in [0.717, 1.165) is 31.6 Å². The zero-order valence-electron chi connectivity index (χ0n) is 13.7. The Morgan fingerprint density at radius 2 is 1.86 bits per heavy atom. The van der Waals surface area contributed by atoms with Crippen molar-refractivity contribution in [1.29, 1.82) is 0 Å². The molecule has 22 heavy (non-hydrogen) atoms. The lowest BCUT2D eigenvalue weighted by Gasteiger charge is -2.34. The highest BCUT2D eigenvalue weighted by atomic mass is 16.2. The molecule has 2 fully saturated rings. The number of amides is 2. The van der Waals surface area contributed by atoms with Crippen LogP contribution in [0.5, 0.6) is 0 Å². The summed E-state index contributed by atoms with van der Waals surface area (Å²) in [7, 11) is 0. The number of rotatable bonds is 3. The van der Waals surface area contributed by atoms with Crippen molar-refractivity contribution in [3.63, 3.8) is 0 Å². The standard InChI is InChI=1S/C18H27N3O/c1-14(2)20-11-12-21(17(20)22)16-8-6-7-15(13-16)18(19)9-4-3-5-10-18/h6-8,13-14H,3-5,9-12,19H2,1-2H3. The van der Waals surface area contributed by atoms with Crippen LogP contribution in [-0.2, 0) is 5.54 Å². The van der Waals surface area contributed by atoms with E-state index in [1.807, 2.05) is 21.9 Å². The van der Waals surface area contributed by atoms with Crippen LogP contribution in [0.3, 0.4) is 0 Å². The summed E-state index contributed by atoms with van der Waals surface area (Å²) in [6, 6.07) is 8.68. The van der Waals surface area contributed by atoms with Crippen molar-refractivity contribution in [2.45, 2.75) is 57.5 Å². The van der Waals surface area contributed by atoms with Gasteiger partial charge in [-0.05, 0) is 44.4 Å². The Balaban J connectivity index is 1.84. The average molecular weight is 301 g/mol. The van der Waals surface area contributed by atoms with Crippen molar-refractivity contribution in [2.75, 3.05) is 18.0 Å². The second-order valence-corrected chi connectivity index (χ2v) is 6.99. The number of urea groups is 1. The summed E-state index contributed by atoms with van der Waals surface area (Å²) < 4.78 is 0. The first-order valence-corrected chi connectivity index (χ1v) is 8.49. The van der Waals surface area contributed by atoms with Gasteiger partial charge >= 0.3 is 6.03 Å². The van der Waals surface area contributed by atoms with E-state index in [-0.39, 0.29) is 17.6 Å². The number of hydrogen-bond donors (Lipinski definition) is 1. The fourth-order valence-corrected chi connectivity index (χ4v) is 3.73. The molecule has 2 amide bonds. The largest absolute Gasteiger partial charge is 0.324 e. The molecule has 1 aliphatic carbocycles. The zero-order chi connectivity index (χ0) is 15.7. The molecule has 4 heteroatoms. The fraction of sp³-hybridized carbons (Fsp3) is 0.611. The molecule has 1 aliphatic heterocycles. The number of hydrogen-bond acceptors (Lipinski definition) is 2. The lowest BCUT2D eigenvalue weighted by Crippen LogP contribution is -2.39. The quantitative estimate of drug-likeness (QED) is 0.929. The van der Waals surface area contributed by atoms with Crippen LogP contribution in [0.25, 0.3) is 0 Å². The van der Waals surface area contributed by atoms with Gasteiger partial charge in [-0.15, -0.1) is 0 Å². The normalized spacial score (nSPS) is 21.7. The summed E-state index contributed by atoms with van der Waals surface area (Å²) in [6.07, 6.45) is 5.77. The molecule has 0 unspecified atom stereocenters. The van der Waals surface area contributed by atoms with E-state index in [2.05, 4.69) is 26.0 Å². The molecule has 0 bridgehead atoms. The minimum absolute atomic E-state index is 0.113. The van der Waals surface area contributed by atoms with Gasteiger partial charge in [0, 0.05) is 30.4 Å². The van der Waals surface area contributed by atoms with Crippen molar-refractivity contribution >= 4 is 11.7 Å². The molecule has 1 aromatic rings. The van der Waals surface area contributed by atoms with Crippen LogP contribution in [-0.4, -0.2) is 30.1 Å². The Hall–Kier alpha value is -1.55. The highest BCUT2D eigenvalue weighted by molar-refractivity contribution is 5.94. The Morgan fingerprint density at radius 3 is 2.50 bits per heavy atom. The zero-order valence-corrected chi connectivity index (χ0v) is 13.7. The van der Waals surface area contributed by atoms with Gasteiger partial charge in [0.15, 0.2) is 0 Å². The van der Waals surface area contributed by atoms with Crippen molar-refractivity contribution in [2.24, 2.45) is 5.73 Å². The monoisotopic (exact) mass is 301 g/mol. The molecule has 1 heterocycles. The van der Waals surface area contributed by atoms with E-state index in [0.29, 0.717) is 0 Å². The first-order chi connectivity index (χ1) is 10.5. The molecule has 0 radical (unpaired) electrons. The third-order valence-corrected chi connectivity index (χ3v) is 5.14. The summed E-state index contributed by atoms with van der Waals surface area (Å²) in [4.78, 5) is 16.3. The van der Waals surface area contributed by atoms with Gasteiger partial charge in [0.2, 0.25) is 0 Å². The predicted octanol–water partition coefficient (Wildman–Crippen LogP) is 3.46. The van der Waals surface area contributed by atoms with Crippen LogP contribution in [0.15, 0.2) is 24.3 Å². The molecular weight excluding hydrogens is 274 g/mol. The second-order valence-electron chi connectivity index (χ2n) is 6.99. The van der Waals surface area contributed by atoms with E-state index >= 15 is 0 Å². The maximum absolute atomic E-state index is 12.5. The minimum atomic E-state index is -0.214. The van der Waals surface area contributed by atoms with Crippen LogP contribution in [0, 0.1) is 0 Å². The molecule has 0 atom stereocenters. The molecule has 1 saturated carbocycles. The lowest BCUT2D eigenvalue weighted by atomic mass is 9.77. The molecule has 0 aromatic heterocycles. The van der Waals surface area contributed by atoms with Crippen LogP contribution >= 0.6 is 0 Å². The van der Waals surface area contributed by atoms with Gasteiger partial charge in [0.05, 0.1) is 0 Å². The average Bonchev–Trinajstić information content (AvgIpc) is 2.90. The molecule has 1 saturated heterocycles. The maximum Gasteiger partial charge on any atom is 0.324 e. The van der Waals surface area contributed by atoms with E-state index < -0.39 is 0 Å². The lowest BCUT2D eigenvalue weighted by molar-refractivity contribution is 0.209. The number of nitrogens with two attached hydrogens (primary N) is 1. The smallest absolute Gasteiger partial charge is 0.321 e. The molecule has 3 rings (SSSR count). The van der Waals surface area contributed by atoms with Crippen molar-refractivity contribution in [3.05, 3.63) is 29.8 Å². The van der Waals surface area contributed by atoms with Gasteiger partial charge in [-0.3, -0.25) is 4.90 Å². The van der Waals surface area contributed by atoms with Crippen LogP contribution < -0.4 is 10.6 Å². The van der Waals surface area contributed by atoms with Gasteiger partial charge < -0.3 is 10.6 Å². The number of anilines is 1. The van der Waals surface area contributed by atoms with Gasteiger partial charge in [0.1, 0.15) is 0 Å². The summed E-state index contributed by atoms with van der Waals surface area (Å²) in [5, 5.41) is 0. The second kappa shape index (κ2) is 5.92. The van der Waals surface area contributed by atoms with E-state index in [9.17, 15) is 4.79 Å². The number of carbonyl (C=O) groups is 1. The van der Waals surface area contributed by atoms with Gasteiger partial charge in [-0.1, -0.05) is 31.4 Å². The Morgan fingerprint density at radius 1 is 1.14 bits per heavy atom. The molecule has 1 aromatic carbocycles. The minimum Gasteiger partial charge on any atom is -0.321 e. The van der Waals surface area contributed by atoms with Crippen LogP contribution in [0.4, 0.5) is 10.5 Å². The molecule has 2 aliphatic rings. The molecule has 0 spiro atoms. The number of benzene rings is 1. The highest BCUT2D eigenvalue weighted by Crippen LogP contribution is 2.36. The maximum atomic E-state index is 12.5. The number of carbonyl (C=O) groups excluding carboxylic acids is 1. The summed E-state index contributed by atoms with van der Waals surface area (Å²) in [6.45, 7) is 5.69. The summed E-state index contributed by atoms with van der Waals surface area (Å²) >= 11 is 0. The van der Waals surface area contributed by atoms with Crippen LogP contribution in [0.2, 0.25) is 0 Å². The van der Waals surface area contributed by atoms with Crippen molar-refractivity contribution in [3.8, 4) is 0 Å². The van der Waals surface area contributed by atoms with Gasteiger partial charge in [-0.2, -0.15) is 0 Å². The number of nitrogens with zero attached hydrogens (tertiary/aromatic N) is 2. The highest BCUT2D eigenvalue weighted by Gasteiger charge is 2.33. The molecule has 4 nitrogen and oxygen atoms in total. The van der Waals surface area contributed by atoms with Crippen molar-refractivity contribution in [1.82, 2.24) is 4.90 Å². The van der Waals surface area contributed by atoms with Gasteiger partial charge in [-0.25, -0.2) is 4.79 Å². The Bertz CT molecular complexity index is 549. The van der Waals surface area contributed by atoms with Crippen LogP contribution in [0.1, 0.15) is 51.5 Å². The van der Waals surface area contributed by atoms with Gasteiger partial charge in [0.25, 0.3) is 0 Å². The SMILES string of the molecule is CC(C)N1CCN(c2cccc(C3(N)CCCCC3)c2)C1=O.